The zero-order valence-corrected chi connectivity index (χ0v) is 8.44. The molecule has 0 aromatic heterocycles. The summed E-state index contributed by atoms with van der Waals surface area (Å²) in [4.78, 5) is 11.4. The summed E-state index contributed by atoms with van der Waals surface area (Å²) in [5, 5.41) is 0. The van der Waals surface area contributed by atoms with Gasteiger partial charge in [0.15, 0.2) is 0 Å². The fraction of sp³-hybridized carbons (Fsp3) is 0.900. The van der Waals surface area contributed by atoms with Crippen LogP contribution in [0, 0.1) is 5.41 Å². The summed E-state index contributed by atoms with van der Waals surface area (Å²) in [5.74, 6) is -0.0359. The maximum Gasteiger partial charge on any atom is 0.312 e. The first kappa shape index (κ1) is 9.56. The van der Waals surface area contributed by atoms with Gasteiger partial charge in [-0.05, 0) is 26.7 Å². The van der Waals surface area contributed by atoms with Gasteiger partial charge < -0.3 is 4.74 Å². The van der Waals surface area contributed by atoms with Crippen LogP contribution in [0.25, 0.3) is 0 Å². The SMILES string of the molecule is CCC1(CC)CC(C)(C)C(=O)O1. The Bertz CT molecular complexity index is 190. The molecule has 1 aliphatic heterocycles. The number of carbonyl (C=O) groups excluding carboxylic acids is 1. The Labute approximate surface area is 74.3 Å². The third-order valence-corrected chi connectivity index (χ3v) is 2.91. The van der Waals surface area contributed by atoms with Gasteiger partial charge in [-0.25, -0.2) is 0 Å². The number of esters is 1. The van der Waals surface area contributed by atoms with Gasteiger partial charge in [-0.15, -0.1) is 0 Å². The van der Waals surface area contributed by atoms with Crippen molar-refractivity contribution in [1.29, 1.82) is 0 Å². The van der Waals surface area contributed by atoms with E-state index in [0.717, 1.165) is 19.3 Å². The summed E-state index contributed by atoms with van der Waals surface area (Å²) < 4.78 is 5.42. The Hall–Kier alpha value is -0.530. The Morgan fingerprint density at radius 2 is 1.83 bits per heavy atom. The molecule has 2 nitrogen and oxygen atoms in total. The maximum absolute atomic E-state index is 11.4. The van der Waals surface area contributed by atoms with Crippen LogP contribution in [0.1, 0.15) is 47.0 Å². The molecular weight excluding hydrogens is 152 g/mol. The highest BCUT2D eigenvalue weighted by atomic mass is 16.6. The standard InChI is InChI=1S/C10H18O2/c1-5-10(6-2)7-9(3,4)8(11)12-10/h5-7H2,1-4H3. The van der Waals surface area contributed by atoms with E-state index in [4.69, 9.17) is 4.74 Å². The molecule has 0 aromatic carbocycles. The third-order valence-electron chi connectivity index (χ3n) is 2.91. The third kappa shape index (κ3) is 1.35. The predicted octanol–water partition coefficient (Wildman–Crippen LogP) is 2.52. The largest absolute Gasteiger partial charge is 0.459 e. The van der Waals surface area contributed by atoms with Crippen LogP contribution in [0.2, 0.25) is 0 Å². The maximum atomic E-state index is 11.4. The lowest BCUT2D eigenvalue weighted by Gasteiger charge is -2.24. The molecule has 1 rings (SSSR count). The molecular formula is C10H18O2. The number of carbonyl (C=O) groups is 1. The number of hydrogen-bond acceptors (Lipinski definition) is 2. The van der Waals surface area contributed by atoms with Crippen LogP contribution in [0.3, 0.4) is 0 Å². The fourth-order valence-corrected chi connectivity index (χ4v) is 1.89. The molecule has 1 aliphatic rings. The van der Waals surface area contributed by atoms with Crippen LogP contribution < -0.4 is 0 Å². The van der Waals surface area contributed by atoms with Crippen molar-refractivity contribution in [3.63, 3.8) is 0 Å². The van der Waals surface area contributed by atoms with Crippen molar-refractivity contribution in [2.24, 2.45) is 5.41 Å². The Balaban J connectivity index is 2.82. The van der Waals surface area contributed by atoms with Gasteiger partial charge in [0.25, 0.3) is 0 Å². The lowest BCUT2D eigenvalue weighted by atomic mass is 9.81. The first-order chi connectivity index (χ1) is 5.46. The molecule has 0 atom stereocenters. The van der Waals surface area contributed by atoms with Gasteiger partial charge in [0, 0.05) is 6.42 Å². The molecule has 0 N–H and O–H groups in total. The van der Waals surface area contributed by atoms with E-state index in [9.17, 15) is 4.79 Å². The van der Waals surface area contributed by atoms with Crippen molar-refractivity contribution in [3.05, 3.63) is 0 Å². The minimum Gasteiger partial charge on any atom is -0.459 e. The molecule has 0 bridgehead atoms. The predicted molar refractivity (Wildman–Crippen MR) is 47.8 cm³/mol. The van der Waals surface area contributed by atoms with Crippen molar-refractivity contribution in [3.8, 4) is 0 Å². The summed E-state index contributed by atoms with van der Waals surface area (Å²) >= 11 is 0. The second-order valence-electron chi connectivity index (χ2n) is 4.34. The molecule has 0 amide bonds. The van der Waals surface area contributed by atoms with Crippen LogP contribution >= 0.6 is 0 Å². The van der Waals surface area contributed by atoms with Gasteiger partial charge in [-0.2, -0.15) is 0 Å². The molecule has 1 fully saturated rings. The highest BCUT2D eigenvalue weighted by Crippen LogP contribution is 2.43. The van der Waals surface area contributed by atoms with Crippen LogP contribution in [0.4, 0.5) is 0 Å². The van der Waals surface area contributed by atoms with E-state index in [0.29, 0.717) is 0 Å². The Morgan fingerprint density at radius 1 is 1.33 bits per heavy atom. The van der Waals surface area contributed by atoms with Gasteiger partial charge in [0.05, 0.1) is 5.41 Å². The number of cyclic esters (lactones) is 1. The van der Waals surface area contributed by atoms with Crippen LogP contribution in [-0.2, 0) is 9.53 Å². The molecule has 70 valence electrons. The summed E-state index contributed by atoms with van der Waals surface area (Å²) in [6, 6.07) is 0. The van der Waals surface area contributed by atoms with E-state index in [1.54, 1.807) is 0 Å². The van der Waals surface area contributed by atoms with Gasteiger partial charge in [-0.3, -0.25) is 4.79 Å². The van der Waals surface area contributed by atoms with Gasteiger partial charge in [-0.1, -0.05) is 13.8 Å². The van der Waals surface area contributed by atoms with Crippen molar-refractivity contribution < 1.29 is 9.53 Å². The molecule has 1 saturated heterocycles. The van der Waals surface area contributed by atoms with E-state index in [1.807, 2.05) is 13.8 Å². The van der Waals surface area contributed by atoms with E-state index in [2.05, 4.69) is 13.8 Å². The van der Waals surface area contributed by atoms with E-state index < -0.39 is 0 Å². The van der Waals surface area contributed by atoms with Crippen molar-refractivity contribution in [1.82, 2.24) is 0 Å². The lowest BCUT2D eigenvalue weighted by molar-refractivity contribution is -0.153. The number of ether oxygens (including phenoxy) is 1. The summed E-state index contributed by atoms with van der Waals surface area (Å²) in [6.45, 7) is 8.08. The fourth-order valence-electron chi connectivity index (χ4n) is 1.89. The molecule has 0 spiro atoms. The van der Waals surface area contributed by atoms with Crippen molar-refractivity contribution >= 4 is 5.97 Å². The second kappa shape index (κ2) is 2.75. The summed E-state index contributed by atoms with van der Waals surface area (Å²) in [5.41, 5.74) is -0.438. The van der Waals surface area contributed by atoms with Crippen LogP contribution in [0.15, 0.2) is 0 Å². The average Bonchev–Trinajstić information content (AvgIpc) is 2.24. The minimum atomic E-state index is -0.272. The second-order valence-corrected chi connectivity index (χ2v) is 4.34. The Morgan fingerprint density at radius 3 is 2.00 bits per heavy atom. The normalized spacial score (nSPS) is 25.5. The molecule has 0 aromatic rings. The summed E-state index contributed by atoms with van der Waals surface area (Å²) in [7, 11) is 0. The van der Waals surface area contributed by atoms with Gasteiger partial charge >= 0.3 is 5.97 Å². The van der Waals surface area contributed by atoms with Crippen LogP contribution in [-0.4, -0.2) is 11.6 Å². The highest BCUT2D eigenvalue weighted by molar-refractivity contribution is 5.78. The van der Waals surface area contributed by atoms with E-state index in [-0.39, 0.29) is 17.0 Å². The van der Waals surface area contributed by atoms with Crippen LogP contribution in [0.5, 0.6) is 0 Å². The van der Waals surface area contributed by atoms with Crippen molar-refractivity contribution in [2.45, 2.75) is 52.6 Å². The zero-order valence-electron chi connectivity index (χ0n) is 8.44. The molecule has 0 aliphatic carbocycles. The Kier molecular flexibility index (Phi) is 2.19. The summed E-state index contributed by atoms with van der Waals surface area (Å²) in [6.07, 6.45) is 2.73. The van der Waals surface area contributed by atoms with Crippen molar-refractivity contribution in [2.75, 3.05) is 0 Å². The first-order valence-corrected chi connectivity index (χ1v) is 4.69. The van der Waals surface area contributed by atoms with Gasteiger partial charge in [0.2, 0.25) is 0 Å². The number of hydrogen-bond donors (Lipinski definition) is 0. The minimum absolute atomic E-state index is 0.0359. The molecule has 0 saturated carbocycles. The topological polar surface area (TPSA) is 26.3 Å². The molecule has 2 heteroatoms. The molecule has 12 heavy (non-hydrogen) atoms. The molecule has 1 heterocycles. The highest BCUT2D eigenvalue weighted by Gasteiger charge is 2.49. The van der Waals surface area contributed by atoms with E-state index >= 15 is 0 Å². The van der Waals surface area contributed by atoms with Gasteiger partial charge in [0.1, 0.15) is 5.60 Å². The van der Waals surface area contributed by atoms with E-state index in [1.165, 1.54) is 0 Å². The average molecular weight is 170 g/mol. The lowest BCUT2D eigenvalue weighted by Crippen LogP contribution is -2.26. The monoisotopic (exact) mass is 170 g/mol. The number of rotatable bonds is 2. The molecule has 0 unspecified atom stereocenters. The quantitative estimate of drug-likeness (QED) is 0.595. The molecule has 0 radical (unpaired) electrons. The zero-order chi connectivity index (χ0) is 9.41. The smallest absolute Gasteiger partial charge is 0.312 e. The first-order valence-electron chi connectivity index (χ1n) is 4.69.